The summed E-state index contributed by atoms with van der Waals surface area (Å²) in [6, 6.07) is 31.6. The lowest BCUT2D eigenvalue weighted by molar-refractivity contribution is -0.134. The molecule has 1 amide bonds. The van der Waals surface area contributed by atoms with Crippen LogP contribution >= 0.6 is 0 Å². The van der Waals surface area contributed by atoms with Crippen molar-refractivity contribution in [3.05, 3.63) is 114 Å². The molecule has 0 bridgehead atoms. The maximum atomic E-state index is 13.3. The Kier molecular flexibility index (Phi) is 6.97. The van der Waals surface area contributed by atoms with Gasteiger partial charge in [-0.2, -0.15) is 0 Å². The Balaban J connectivity index is 1.29. The minimum absolute atomic E-state index is 0.194. The summed E-state index contributed by atoms with van der Waals surface area (Å²) in [7, 11) is 0. The zero-order valence-corrected chi connectivity index (χ0v) is 19.4. The van der Waals surface area contributed by atoms with Gasteiger partial charge in [-0.15, -0.1) is 0 Å². The third-order valence-electron chi connectivity index (χ3n) is 6.87. The van der Waals surface area contributed by atoms with E-state index in [4.69, 9.17) is 0 Å². The van der Waals surface area contributed by atoms with Crippen molar-refractivity contribution in [2.45, 2.75) is 44.3 Å². The fourth-order valence-electron chi connectivity index (χ4n) is 5.08. The largest absolute Gasteiger partial charge is 0.339 e. The molecule has 0 spiro atoms. The zero-order chi connectivity index (χ0) is 23.2. The molecule has 34 heavy (non-hydrogen) atoms. The van der Waals surface area contributed by atoms with E-state index >= 15 is 0 Å². The molecule has 4 nitrogen and oxygen atoms in total. The maximum absolute atomic E-state index is 13.3. The van der Waals surface area contributed by atoms with Crippen molar-refractivity contribution in [1.29, 1.82) is 0 Å². The first-order valence-corrected chi connectivity index (χ1v) is 12.2. The molecule has 1 saturated heterocycles. The lowest BCUT2D eigenvalue weighted by atomic mass is 9.91. The lowest BCUT2D eigenvalue weighted by Crippen LogP contribution is -2.52. The summed E-state index contributed by atoms with van der Waals surface area (Å²) >= 11 is 0. The van der Waals surface area contributed by atoms with E-state index in [9.17, 15) is 4.79 Å². The van der Waals surface area contributed by atoms with E-state index in [1.54, 1.807) is 0 Å². The van der Waals surface area contributed by atoms with Crippen LogP contribution in [-0.4, -0.2) is 34.4 Å². The molecule has 4 heteroatoms. The minimum atomic E-state index is 0.194. The number of nitrogens with zero attached hydrogens (tertiary/aromatic N) is 2. The number of pyridine rings is 1. The first kappa shape index (κ1) is 22.3. The molecule has 172 valence electrons. The van der Waals surface area contributed by atoms with Crippen LogP contribution in [-0.2, 0) is 24.2 Å². The molecular weight excluding hydrogens is 418 g/mol. The first-order valence-electron chi connectivity index (χ1n) is 12.2. The van der Waals surface area contributed by atoms with Crippen LogP contribution in [0.25, 0.3) is 10.9 Å². The molecule has 2 unspecified atom stereocenters. The number of fused-ring (bicyclic) bond motifs is 1. The third-order valence-corrected chi connectivity index (χ3v) is 6.87. The summed E-state index contributed by atoms with van der Waals surface area (Å²) in [5.74, 6) is 0.228. The standard InChI is InChI=1S/C30H31N3O/c34-30(20-24-11-5-2-6-12-24)33-18-16-26(21-27(33)19-23-9-3-1-4-10-23)32-22-25-15-17-31-29-14-8-7-13-28(25)29/h1-15,17,26-27,32H,16,18-22H2. The van der Waals surface area contributed by atoms with Gasteiger partial charge < -0.3 is 10.2 Å². The SMILES string of the molecule is O=C(Cc1ccccc1)N1CCC(NCc2ccnc3ccccc23)CC1Cc1ccccc1. The second-order valence-corrected chi connectivity index (χ2v) is 9.18. The van der Waals surface area contributed by atoms with Crippen LogP contribution in [0.15, 0.2) is 97.2 Å². The summed E-state index contributed by atoms with van der Waals surface area (Å²) in [6.45, 7) is 1.60. The Morgan fingerprint density at radius 1 is 0.882 bits per heavy atom. The Labute approximate surface area is 201 Å². The maximum Gasteiger partial charge on any atom is 0.227 e. The quantitative estimate of drug-likeness (QED) is 0.423. The summed E-state index contributed by atoms with van der Waals surface area (Å²) in [5.41, 5.74) is 4.67. The van der Waals surface area contributed by atoms with Gasteiger partial charge in [-0.1, -0.05) is 78.9 Å². The van der Waals surface area contributed by atoms with Crippen molar-refractivity contribution >= 4 is 16.8 Å². The highest BCUT2D eigenvalue weighted by molar-refractivity contribution is 5.81. The molecule has 5 rings (SSSR count). The monoisotopic (exact) mass is 449 g/mol. The van der Waals surface area contributed by atoms with E-state index in [-0.39, 0.29) is 11.9 Å². The molecule has 0 saturated carbocycles. The highest BCUT2D eigenvalue weighted by atomic mass is 16.2. The number of piperidine rings is 1. The number of likely N-dealkylation sites (tertiary alicyclic amines) is 1. The number of benzene rings is 3. The van der Waals surface area contributed by atoms with Crippen LogP contribution in [0, 0.1) is 0 Å². The predicted octanol–water partition coefficient (Wildman–Crippen LogP) is 5.17. The van der Waals surface area contributed by atoms with Crippen LogP contribution in [0.5, 0.6) is 0 Å². The van der Waals surface area contributed by atoms with E-state index in [0.29, 0.717) is 12.5 Å². The molecule has 1 aromatic heterocycles. The number of amides is 1. The fraction of sp³-hybridized carbons (Fsp3) is 0.267. The van der Waals surface area contributed by atoms with Crippen LogP contribution in [0.1, 0.15) is 29.5 Å². The number of hydrogen-bond donors (Lipinski definition) is 1. The van der Waals surface area contributed by atoms with Crippen molar-refractivity contribution in [3.63, 3.8) is 0 Å². The van der Waals surface area contributed by atoms with E-state index in [1.165, 1.54) is 16.5 Å². The van der Waals surface area contributed by atoms with Crippen LogP contribution < -0.4 is 5.32 Å². The highest BCUT2D eigenvalue weighted by Crippen LogP contribution is 2.24. The van der Waals surface area contributed by atoms with E-state index < -0.39 is 0 Å². The molecule has 0 aliphatic carbocycles. The van der Waals surface area contributed by atoms with Crippen molar-refractivity contribution in [3.8, 4) is 0 Å². The average Bonchev–Trinajstić information content (AvgIpc) is 2.89. The van der Waals surface area contributed by atoms with Crippen molar-refractivity contribution in [2.75, 3.05) is 6.54 Å². The Morgan fingerprint density at radius 3 is 2.38 bits per heavy atom. The first-order chi connectivity index (χ1) is 16.8. The second-order valence-electron chi connectivity index (χ2n) is 9.18. The zero-order valence-electron chi connectivity index (χ0n) is 19.4. The lowest BCUT2D eigenvalue weighted by Gasteiger charge is -2.40. The molecule has 1 fully saturated rings. The van der Waals surface area contributed by atoms with Gasteiger partial charge in [-0.3, -0.25) is 9.78 Å². The van der Waals surface area contributed by atoms with Gasteiger partial charge in [0, 0.05) is 36.8 Å². The summed E-state index contributed by atoms with van der Waals surface area (Å²) in [5, 5.41) is 4.99. The van der Waals surface area contributed by atoms with Crippen LogP contribution in [0.3, 0.4) is 0 Å². The van der Waals surface area contributed by atoms with Gasteiger partial charge in [0.1, 0.15) is 0 Å². The van der Waals surface area contributed by atoms with Gasteiger partial charge in [-0.25, -0.2) is 0 Å². The normalized spacial score (nSPS) is 18.2. The molecule has 0 radical (unpaired) electrons. The van der Waals surface area contributed by atoms with Gasteiger partial charge in [0.25, 0.3) is 0 Å². The molecule has 1 aliphatic heterocycles. The van der Waals surface area contributed by atoms with Crippen molar-refractivity contribution in [1.82, 2.24) is 15.2 Å². The molecule has 1 aliphatic rings. The molecular formula is C30H31N3O. The topological polar surface area (TPSA) is 45.2 Å². The summed E-state index contributed by atoms with van der Waals surface area (Å²) in [4.78, 5) is 19.9. The van der Waals surface area contributed by atoms with Gasteiger partial charge in [0.2, 0.25) is 5.91 Å². The molecule has 3 aromatic carbocycles. The number of rotatable bonds is 7. The average molecular weight is 450 g/mol. The van der Waals surface area contributed by atoms with Gasteiger partial charge >= 0.3 is 0 Å². The smallest absolute Gasteiger partial charge is 0.227 e. The summed E-state index contributed by atoms with van der Waals surface area (Å²) < 4.78 is 0. The highest BCUT2D eigenvalue weighted by Gasteiger charge is 2.31. The molecule has 2 heterocycles. The molecule has 2 atom stereocenters. The van der Waals surface area contributed by atoms with Crippen LogP contribution in [0.4, 0.5) is 0 Å². The number of nitrogens with one attached hydrogen (secondary N) is 1. The molecule has 4 aromatic rings. The summed E-state index contributed by atoms with van der Waals surface area (Å²) in [6.07, 6.45) is 5.17. The number of carbonyl (C=O) groups excluding carboxylic acids is 1. The third kappa shape index (κ3) is 5.35. The van der Waals surface area contributed by atoms with E-state index in [2.05, 4.69) is 63.7 Å². The second kappa shape index (κ2) is 10.6. The number of para-hydroxylation sites is 1. The Hall–Kier alpha value is -3.50. The number of hydrogen-bond acceptors (Lipinski definition) is 3. The predicted molar refractivity (Wildman–Crippen MR) is 137 cm³/mol. The number of aromatic nitrogens is 1. The van der Waals surface area contributed by atoms with E-state index in [0.717, 1.165) is 43.4 Å². The van der Waals surface area contributed by atoms with Crippen LogP contribution in [0.2, 0.25) is 0 Å². The fourth-order valence-corrected chi connectivity index (χ4v) is 5.08. The Bertz CT molecular complexity index is 1220. The molecule has 1 N–H and O–H groups in total. The van der Waals surface area contributed by atoms with Gasteiger partial charge in [0.05, 0.1) is 11.9 Å². The van der Waals surface area contributed by atoms with Gasteiger partial charge in [0.15, 0.2) is 0 Å². The van der Waals surface area contributed by atoms with Crippen molar-refractivity contribution in [2.24, 2.45) is 0 Å². The number of carbonyl (C=O) groups is 1. The van der Waals surface area contributed by atoms with Crippen molar-refractivity contribution < 1.29 is 4.79 Å². The minimum Gasteiger partial charge on any atom is -0.339 e. The van der Waals surface area contributed by atoms with E-state index in [1.807, 2.05) is 48.7 Å². The van der Waals surface area contributed by atoms with Gasteiger partial charge in [-0.05, 0) is 48.1 Å². The Morgan fingerprint density at radius 2 is 1.59 bits per heavy atom.